The summed E-state index contributed by atoms with van der Waals surface area (Å²) in [6, 6.07) is 8.04. The van der Waals surface area contributed by atoms with Gasteiger partial charge in [0.1, 0.15) is 12.2 Å². The topological polar surface area (TPSA) is 52.6 Å². The summed E-state index contributed by atoms with van der Waals surface area (Å²) in [4.78, 5) is 21.7. The average Bonchev–Trinajstić information content (AvgIpc) is 2.29. The van der Waals surface area contributed by atoms with Gasteiger partial charge in [0.25, 0.3) is 0 Å². The van der Waals surface area contributed by atoms with Crippen LogP contribution >= 0.6 is 0 Å². The lowest BCUT2D eigenvalue weighted by Crippen LogP contribution is -2.16. The zero-order valence-corrected chi connectivity index (χ0v) is 12.5. The van der Waals surface area contributed by atoms with Crippen LogP contribution in [-0.4, -0.2) is 24.1 Å². The van der Waals surface area contributed by atoms with Crippen LogP contribution in [0.5, 0.6) is 0 Å². The van der Waals surface area contributed by atoms with Crippen LogP contribution in [-0.2, 0) is 31.9 Å². The molecule has 0 amide bonds. The number of hydrogen-bond acceptors (Lipinski definition) is 4. The summed E-state index contributed by atoms with van der Waals surface area (Å²) in [7, 11) is 0. The van der Waals surface area contributed by atoms with E-state index in [1.54, 1.807) is 0 Å². The predicted molar refractivity (Wildman–Crippen MR) is 76.3 cm³/mol. The number of benzene rings is 1. The van der Waals surface area contributed by atoms with Crippen molar-refractivity contribution < 1.29 is 19.1 Å². The Morgan fingerprint density at radius 2 is 1.15 bits per heavy atom. The fourth-order valence-corrected chi connectivity index (χ4v) is 2.13. The molecule has 20 heavy (non-hydrogen) atoms. The number of carbonyl (C=O) groups excluding carboxylic acids is 2. The van der Waals surface area contributed by atoms with Crippen molar-refractivity contribution in [3.05, 3.63) is 35.4 Å². The molecule has 4 heteroatoms. The van der Waals surface area contributed by atoms with Crippen molar-refractivity contribution in [3.8, 4) is 0 Å². The molecule has 4 nitrogen and oxygen atoms in total. The van der Waals surface area contributed by atoms with Crippen molar-refractivity contribution in [2.24, 2.45) is 0 Å². The number of carbonyl (C=O) groups is 2. The minimum Gasteiger partial charge on any atom is -0.463 e. The Kier molecular flexibility index (Phi) is 6.22. The quantitative estimate of drug-likeness (QED) is 0.751. The van der Waals surface area contributed by atoms with Crippen molar-refractivity contribution in [3.63, 3.8) is 0 Å². The van der Waals surface area contributed by atoms with E-state index in [1.807, 2.05) is 38.1 Å². The van der Waals surface area contributed by atoms with Crippen molar-refractivity contribution >= 4 is 11.9 Å². The first kappa shape index (κ1) is 16.2. The maximum Gasteiger partial charge on any atom is 0.302 e. The molecule has 2 atom stereocenters. The van der Waals surface area contributed by atoms with E-state index in [1.165, 1.54) is 13.8 Å². The van der Waals surface area contributed by atoms with Crippen LogP contribution in [0.25, 0.3) is 0 Å². The molecule has 0 N–H and O–H groups in total. The van der Waals surface area contributed by atoms with Gasteiger partial charge in [0.05, 0.1) is 0 Å². The summed E-state index contributed by atoms with van der Waals surface area (Å²) in [5.74, 6) is -0.520. The van der Waals surface area contributed by atoms with Gasteiger partial charge < -0.3 is 9.47 Å². The average molecular weight is 278 g/mol. The number of esters is 2. The van der Waals surface area contributed by atoms with Crippen LogP contribution in [0.4, 0.5) is 0 Å². The molecule has 2 unspecified atom stereocenters. The summed E-state index contributed by atoms with van der Waals surface area (Å²) in [5.41, 5.74) is 2.23. The molecule has 0 aliphatic carbocycles. The second kappa shape index (κ2) is 7.68. The first-order valence-corrected chi connectivity index (χ1v) is 6.79. The van der Waals surface area contributed by atoms with Crippen molar-refractivity contribution in [1.29, 1.82) is 0 Å². The van der Waals surface area contributed by atoms with E-state index >= 15 is 0 Å². The van der Waals surface area contributed by atoms with E-state index < -0.39 is 0 Å². The molecule has 1 aromatic carbocycles. The second-order valence-electron chi connectivity index (χ2n) is 5.06. The zero-order chi connectivity index (χ0) is 15.1. The number of ether oxygens (including phenoxy) is 2. The molecule has 0 saturated carbocycles. The Labute approximate surface area is 120 Å². The molecule has 0 aliphatic rings. The predicted octanol–water partition coefficient (Wildman–Crippen LogP) is 2.67. The maximum absolute atomic E-state index is 10.8. The Morgan fingerprint density at radius 1 is 0.850 bits per heavy atom. The minimum absolute atomic E-state index is 0.127. The minimum atomic E-state index is -0.260. The molecule has 0 spiro atoms. The molecule has 0 radical (unpaired) electrons. The summed E-state index contributed by atoms with van der Waals surface area (Å²) in [6.45, 7) is 6.57. The van der Waals surface area contributed by atoms with Crippen LogP contribution in [0.2, 0.25) is 0 Å². The highest BCUT2D eigenvalue weighted by Crippen LogP contribution is 2.11. The third-order valence-electron chi connectivity index (χ3n) is 2.80. The van der Waals surface area contributed by atoms with Gasteiger partial charge in [-0.1, -0.05) is 24.3 Å². The highest BCUT2D eigenvalue weighted by Gasteiger charge is 2.09. The molecule has 0 aliphatic heterocycles. The van der Waals surface area contributed by atoms with E-state index in [4.69, 9.17) is 9.47 Å². The van der Waals surface area contributed by atoms with Gasteiger partial charge in [0.2, 0.25) is 0 Å². The van der Waals surface area contributed by atoms with Crippen molar-refractivity contribution in [2.45, 2.75) is 52.7 Å². The van der Waals surface area contributed by atoms with Crippen LogP contribution in [0, 0.1) is 0 Å². The van der Waals surface area contributed by atoms with E-state index in [-0.39, 0.29) is 24.1 Å². The normalized spacial score (nSPS) is 13.4. The molecule has 1 rings (SSSR count). The second-order valence-corrected chi connectivity index (χ2v) is 5.06. The first-order valence-electron chi connectivity index (χ1n) is 6.79. The number of hydrogen-bond donors (Lipinski definition) is 0. The summed E-state index contributed by atoms with van der Waals surface area (Å²) >= 11 is 0. The zero-order valence-electron chi connectivity index (χ0n) is 12.5. The largest absolute Gasteiger partial charge is 0.463 e. The monoisotopic (exact) mass is 278 g/mol. The van der Waals surface area contributed by atoms with Gasteiger partial charge >= 0.3 is 11.9 Å². The fraction of sp³-hybridized carbons (Fsp3) is 0.500. The Hall–Kier alpha value is -1.84. The van der Waals surface area contributed by atoms with E-state index in [0.29, 0.717) is 12.8 Å². The Bertz CT molecular complexity index is 407. The van der Waals surface area contributed by atoms with Gasteiger partial charge in [0.15, 0.2) is 0 Å². The standard InChI is InChI=1S/C16H22O4/c1-11(19-13(3)17)9-15-5-7-16(8-6-15)10-12(2)20-14(4)18/h5-8,11-12H,9-10H2,1-4H3. The van der Waals surface area contributed by atoms with Crippen molar-refractivity contribution in [2.75, 3.05) is 0 Å². The highest BCUT2D eigenvalue weighted by molar-refractivity contribution is 5.66. The Morgan fingerprint density at radius 3 is 1.40 bits per heavy atom. The van der Waals surface area contributed by atoms with Gasteiger partial charge in [0, 0.05) is 26.7 Å². The van der Waals surface area contributed by atoms with E-state index in [0.717, 1.165) is 11.1 Å². The van der Waals surface area contributed by atoms with Crippen molar-refractivity contribution in [1.82, 2.24) is 0 Å². The van der Waals surface area contributed by atoms with Crippen LogP contribution < -0.4 is 0 Å². The molecule has 110 valence electrons. The van der Waals surface area contributed by atoms with Crippen LogP contribution in [0.15, 0.2) is 24.3 Å². The summed E-state index contributed by atoms with van der Waals surface area (Å²) < 4.78 is 10.2. The molecular formula is C16H22O4. The van der Waals surface area contributed by atoms with Gasteiger partial charge in [-0.25, -0.2) is 0 Å². The van der Waals surface area contributed by atoms with Crippen LogP contribution in [0.1, 0.15) is 38.8 Å². The first-order chi connectivity index (χ1) is 9.36. The highest BCUT2D eigenvalue weighted by atomic mass is 16.5. The fourth-order valence-electron chi connectivity index (χ4n) is 2.13. The third kappa shape index (κ3) is 6.36. The third-order valence-corrected chi connectivity index (χ3v) is 2.80. The van der Waals surface area contributed by atoms with E-state index in [2.05, 4.69) is 0 Å². The number of rotatable bonds is 6. The molecule has 0 saturated heterocycles. The molecule has 1 aromatic rings. The lowest BCUT2D eigenvalue weighted by Gasteiger charge is -2.14. The molecule has 0 fully saturated rings. The molecule has 0 bridgehead atoms. The van der Waals surface area contributed by atoms with E-state index in [9.17, 15) is 9.59 Å². The Balaban J connectivity index is 2.51. The van der Waals surface area contributed by atoms with Gasteiger partial charge in [-0.05, 0) is 25.0 Å². The van der Waals surface area contributed by atoms with Gasteiger partial charge in [-0.15, -0.1) is 0 Å². The molecular weight excluding hydrogens is 256 g/mol. The lowest BCUT2D eigenvalue weighted by atomic mass is 10.0. The van der Waals surface area contributed by atoms with Gasteiger partial charge in [-0.2, -0.15) is 0 Å². The van der Waals surface area contributed by atoms with Crippen LogP contribution in [0.3, 0.4) is 0 Å². The molecule has 0 aromatic heterocycles. The van der Waals surface area contributed by atoms with Gasteiger partial charge in [-0.3, -0.25) is 9.59 Å². The smallest absolute Gasteiger partial charge is 0.302 e. The maximum atomic E-state index is 10.8. The summed E-state index contributed by atoms with van der Waals surface area (Å²) in [6.07, 6.45) is 1.13. The SMILES string of the molecule is CC(=O)OC(C)Cc1ccc(CC(C)OC(C)=O)cc1. The molecule has 0 heterocycles. The lowest BCUT2D eigenvalue weighted by molar-refractivity contribution is -0.146. The summed E-state index contributed by atoms with van der Waals surface area (Å²) in [5, 5.41) is 0.